The van der Waals surface area contributed by atoms with Crippen LogP contribution >= 0.6 is 0 Å². The number of anilines is 1. The van der Waals surface area contributed by atoms with Crippen LogP contribution in [0.1, 0.15) is 0 Å². The first-order chi connectivity index (χ1) is 11.7. The number of aliphatic hydroxyl groups is 2. The van der Waals surface area contributed by atoms with E-state index in [1.807, 2.05) is 54.6 Å². The molecular weight excluding hydrogens is 304 g/mol. The van der Waals surface area contributed by atoms with Gasteiger partial charge in [-0.15, -0.1) is 0 Å². The minimum absolute atomic E-state index is 0.251. The predicted molar refractivity (Wildman–Crippen MR) is 95.3 cm³/mol. The second-order valence-corrected chi connectivity index (χ2v) is 5.49. The molecule has 1 unspecified atom stereocenters. The molecule has 1 aromatic heterocycles. The quantitative estimate of drug-likeness (QED) is 0.650. The molecular formula is C19H20N2O3. The van der Waals surface area contributed by atoms with Crippen molar-refractivity contribution in [2.75, 3.05) is 25.6 Å². The van der Waals surface area contributed by atoms with E-state index in [-0.39, 0.29) is 13.2 Å². The second-order valence-electron chi connectivity index (χ2n) is 5.49. The molecule has 1 atom stereocenters. The Balaban J connectivity index is 2.13. The third-order valence-corrected chi connectivity index (χ3v) is 3.83. The zero-order valence-electron chi connectivity index (χ0n) is 13.4. The minimum atomic E-state index is -0.820. The van der Waals surface area contributed by atoms with Crippen LogP contribution in [0.5, 0.6) is 5.75 Å². The Morgan fingerprint density at radius 1 is 1.12 bits per heavy atom. The van der Waals surface area contributed by atoms with Gasteiger partial charge in [0.1, 0.15) is 11.3 Å². The molecule has 0 saturated heterocycles. The van der Waals surface area contributed by atoms with Gasteiger partial charge in [-0.1, -0.05) is 42.5 Å². The van der Waals surface area contributed by atoms with Crippen LogP contribution in [0.15, 0.2) is 54.6 Å². The topological polar surface area (TPSA) is 74.6 Å². The first kappa shape index (κ1) is 16.2. The third-order valence-electron chi connectivity index (χ3n) is 3.83. The highest BCUT2D eigenvalue weighted by atomic mass is 16.5. The highest BCUT2D eigenvalue weighted by Gasteiger charge is 2.12. The Bertz CT molecular complexity index is 821. The minimum Gasteiger partial charge on any atom is -0.494 e. The van der Waals surface area contributed by atoms with Crippen LogP contribution in [0.3, 0.4) is 0 Å². The van der Waals surface area contributed by atoms with Crippen LogP contribution in [-0.4, -0.2) is 41.6 Å². The second kappa shape index (κ2) is 7.29. The molecule has 2 aromatic carbocycles. The average Bonchev–Trinajstić information content (AvgIpc) is 2.65. The van der Waals surface area contributed by atoms with Gasteiger partial charge in [0, 0.05) is 23.2 Å². The van der Waals surface area contributed by atoms with Gasteiger partial charge in [0.15, 0.2) is 0 Å². The van der Waals surface area contributed by atoms with E-state index < -0.39 is 6.10 Å². The van der Waals surface area contributed by atoms with Gasteiger partial charge in [-0.3, -0.25) is 0 Å². The smallest absolute Gasteiger partial charge is 0.145 e. The number of aromatic nitrogens is 1. The maximum Gasteiger partial charge on any atom is 0.145 e. The summed E-state index contributed by atoms with van der Waals surface area (Å²) >= 11 is 0. The van der Waals surface area contributed by atoms with E-state index in [1.54, 1.807) is 7.11 Å². The number of fused-ring (bicyclic) bond motifs is 1. The van der Waals surface area contributed by atoms with E-state index in [0.29, 0.717) is 5.75 Å². The molecule has 5 heteroatoms. The van der Waals surface area contributed by atoms with E-state index in [9.17, 15) is 5.11 Å². The molecule has 0 spiro atoms. The average molecular weight is 324 g/mol. The normalized spacial score (nSPS) is 12.1. The fourth-order valence-corrected chi connectivity index (χ4v) is 2.58. The lowest BCUT2D eigenvalue weighted by Crippen LogP contribution is -2.23. The number of hydrogen-bond acceptors (Lipinski definition) is 5. The van der Waals surface area contributed by atoms with Crippen molar-refractivity contribution in [3.63, 3.8) is 0 Å². The number of pyridine rings is 1. The van der Waals surface area contributed by atoms with Gasteiger partial charge in [0.2, 0.25) is 0 Å². The summed E-state index contributed by atoms with van der Waals surface area (Å²) in [7, 11) is 1.62. The highest BCUT2D eigenvalue weighted by Crippen LogP contribution is 2.33. The summed E-state index contributed by atoms with van der Waals surface area (Å²) in [5.74, 6) is 0.691. The largest absolute Gasteiger partial charge is 0.494 e. The van der Waals surface area contributed by atoms with Gasteiger partial charge in [-0.05, 0) is 12.1 Å². The molecule has 1 heterocycles. The van der Waals surface area contributed by atoms with Gasteiger partial charge in [-0.25, -0.2) is 4.98 Å². The van der Waals surface area contributed by atoms with Gasteiger partial charge in [-0.2, -0.15) is 0 Å². The Labute approximate surface area is 140 Å². The van der Waals surface area contributed by atoms with Gasteiger partial charge in [0.25, 0.3) is 0 Å². The van der Waals surface area contributed by atoms with Crippen LogP contribution in [0, 0.1) is 0 Å². The monoisotopic (exact) mass is 324 g/mol. The van der Waals surface area contributed by atoms with Crippen molar-refractivity contribution in [2.45, 2.75) is 6.10 Å². The van der Waals surface area contributed by atoms with Crippen molar-refractivity contribution in [3.8, 4) is 17.0 Å². The van der Waals surface area contributed by atoms with Crippen molar-refractivity contribution in [2.24, 2.45) is 0 Å². The number of para-hydroxylation sites is 1. The summed E-state index contributed by atoms with van der Waals surface area (Å²) in [6.45, 7) is -0.0358. The maximum atomic E-state index is 9.63. The number of nitrogens with one attached hydrogen (secondary N) is 1. The molecule has 0 fully saturated rings. The summed E-state index contributed by atoms with van der Waals surface area (Å²) in [5, 5.41) is 22.7. The molecule has 24 heavy (non-hydrogen) atoms. The lowest BCUT2D eigenvalue weighted by Gasteiger charge is -2.15. The molecule has 5 nitrogen and oxygen atoms in total. The fraction of sp³-hybridized carbons (Fsp3) is 0.211. The van der Waals surface area contributed by atoms with Crippen molar-refractivity contribution < 1.29 is 14.9 Å². The van der Waals surface area contributed by atoms with Crippen LogP contribution in [-0.2, 0) is 0 Å². The Hall–Kier alpha value is -2.63. The van der Waals surface area contributed by atoms with Gasteiger partial charge in [0.05, 0.1) is 25.5 Å². The number of nitrogens with zero attached hydrogens (tertiary/aromatic N) is 1. The summed E-state index contributed by atoms with van der Waals surface area (Å²) in [6.07, 6.45) is -0.820. The van der Waals surface area contributed by atoms with Crippen LogP contribution in [0.25, 0.3) is 22.2 Å². The lowest BCUT2D eigenvalue weighted by atomic mass is 10.1. The maximum absolute atomic E-state index is 9.63. The molecule has 0 saturated carbocycles. The highest BCUT2D eigenvalue weighted by molar-refractivity contribution is 5.97. The van der Waals surface area contributed by atoms with E-state index in [4.69, 9.17) is 14.8 Å². The Morgan fingerprint density at radius 3 is 2.62 bits per heavy atom. The molecule has 0 amide bonds. The molecule has 124 valence electrons. The SMILES string of the molecule is COc1cccc2c(NCC(O)CO)cc(-c3ccccc3)nc12. The number of benzene rings is 2. The van der Waals surface area contributed by atoms with Gasteiger partial charge >= 0.3 is 0 Å². The number of aliphatic hydroxyl groups excluding tert-OH is 2. The molecule has 0 radical (unpaired) electrons. The van der Waals surface area contributed by atoms with Crippen molar-refractivity contribution in [1.29, 1.82) is 0 Å². The zero-order valence-corrected chi connectivity index (χ0v) is 13.4. The lowest BCUT2D eigenvalue weighted by molar-refractivity contribution is 0.105. The summed E-state index contributed by atoms with van der Waals surface area (Å²) in [4.78, 5) is 4.75. The van der Waals surface area contributed by atoms with E-state index >= 15 is 0 Å². The fourth-order valence-electron chi connectivity index (χ4n) is 2.58. The molecule has 0 aliphatic carbocycles. The predicted octanol–water partition coefficient (Wildman–Crippen LogP) is 2.68. The van der Waals surface area contributed by atoms with Crippen molar-refractivity contribution in [3.05, 3.63) is 54.6 Å². The van der Waals surface area contributed by atoms with Crippen molar-refractivity contribution >= 4 is 16.6 Å². The Kier molecular flexibility index (Phi) is 4.93. The summed E-state index contributed by atoms with van der Waals surface area (Å²) < 4.78 is 5.44. The molecule has 3 N–H and O–H groups in total. The third kappa shape index (κ3) is 3.32. The van der Waals surface area contributed by atoms with E-state index in [2.05, 4.69) is 5.32 Å². The van der Waals surface area contributed by atoms with Gasteiger partial charge < -0.3 is 20.3 Å². The summed E-state index contributed by atoms with van der Waals surface area (Å²) in [6, 6.07) is 17.6. The number of hydrogen-bond donors (Lipinski definition) is 3. The molecule has 0 aliphatic rings. The van der Waals surface area contributed by atoms with Crippen LogP contribution < -0.4 is 10.1 Å². The molecule has 0 bridgehead atoms. The zero-order chi connectivity index (χ0) is 16.9. The van der Waals surface area contributed by atoms with E-state index in [0.717, 1.165) is 27.8 Å². The standard InChI is InChI=1S/C19H20N2O3/c1-24-18-9-5-8-15-17(20-11-14(23)12-22)10-16(21-19(15)18)13-6-3-2-4-7-13/h2-10,14,22-23H,11-12H2,1H3,(H,20,21). The van der Waals surface area contributed by atoms with Crippen molar-refractivity contribution in [1.82, 2.24) is 4.98 Å². The first-order valence-electron chi connectivity index (χ1n) is 7.79. The van der Waals surface area contributed by atoms with Crippen LogP contribution in [0.2, 0.25) is 0 Å². The molecule has 0 aliphatic heterocycles. The number of ether oxygens (including phenoxy) is 1. The Morgan fingerprint density at radius 2 is 1.92 bits per heavy atom. The number of rotatable bonds is 6. The molecule has 3 aromatic rings. The first-order valence-corrected chi connectivity index (χ1v) is 7.79. The number of methoxy groups -OCH3 is 1. The van der Waals surface area contributed by atoms with Crippen LogP contribution in [0.4, 0.5) is 5.69 Å². The molecule has 3 rings (SSSR count). The van der Waals surface area contributed by atoms with E-state index in [1.165, 1.54) is 0 Å². The summed E-state index contributed by atoms with van der Waals surface area (Å²) in [5.41, 5.74) is 3.40.